The monoisotopic (exact) mass is 213 g/mol. The number of rotatable bonds is 2. The molecule has 1 aromatic carbocycles. The van der Waals surface area contributed by atoms with E-state index in [0.717, 1.165) is 12.8 Å². The van der Waals surface area contributed by atoms with Crippen LogP contribution in [0.25, 0.3) is 0 Å². The average Bonchev–Trinajstić information content (AvgIpc) is 2.90. The maximum atomic E-state index is 13.7. The first-order valence-electron chi connectivity index (χ1n) is 4.78. The van der Waals surface area contributed by atoms with Crippen LogP contribution >= 0.6 is 11.6 Å². The molecule has 0 bridgehead atoms. The normalized spacial score (nSPS) is 20.6. The molecule has 1 aliphatic carbocycles. The molecule has 76 valence electrons. The van der Waals surface area contributed by atoms with Gasteiger partial charge in [-0.15, -0.1) is 0 Å². The quantitative estimate of drug-likeness (QED) is 0.803. The minimum Gasteiger partial charge on any atom is -0.327 e. The van der Waals surface area contributed by atoms with Crippen molar-refractivity contribution in [2.45, 2.75) is 31.2 Å². The van der Waals surface area contributed by atoms with Crippen LogP contribution in [-0.4, -0.2) is 6.04 Å². The zero-order valence-corrected chi connectivity index (χ0v) is 8.81. The minimum atomic E-state index is -0.302. The molecular weight excluding hydrogens is 201 g/mol. The number of hydrogen-bond acceptors (Lipinski definition) is 1. The maximum absolute atomic E-state index is 13.7. The Balaban J connectivity index is 2.47. The van der Waals surface area contributed by atoms with Gasteiger partial charge < -0.3 is 5.73 Å². The van der Waals surface area contributed by atoms with Gasteiger partial charge in [0.15, 0.2) is 0 Å². The van der Waals surface area contributed by atoms with Crippen LogP contribution in [0, 0.1) is 5.82 Å². The van der Waals surface area contributed by atoms with E-state index in [1.807, 2.05) is 6.92 Å². The van der Waals surface area contributed by atoms with Crippen molar-refractivity contribution in [3.63, 3.8) is 0 Å². The summed E-state index contributed by atoms with van der Waals surface area (Å²) in [4.78, 5) is 0. The lowest BCUT2D eigenvalue weighted by molar-refractivity contribution is 0.512. The summed E-state index contributed by atoms with van der Waals surface area (Å²) < 4.78 is 13.7. The Labute approximate surface area is 88.1 Å². The van der Waals surface area contributed by atoms with Crippen molar-refractivity contribution in [2.75, 3.05) is 0 Å². The van der Waals surface area contributed by atoms with Gasteiger partial charge in [0.2, 0.25) is 0 Å². The van der Waals surface area contributed by atoms with Gasteiger partial charge in [0.1, 0.15) is 5.82 Å². The van der Waals surface area contributed by atoms with Crippen LogP contribution in [-0.2, 0) is 5.41 Å². The molecule has 0 heterocycles. The van der Waals surface area contributed by atoms with Crippen LogP contribution in [0.15, 0.2) is 18.2 Å². The molecule has 0 aromatic heterocycles. The summed E-state index contributed by atoms with van der Waals surface area (Å²) >= 11 is 5.74. The molecule has 1 nitrogen and oxygen atoms in total. The second-order valence-electron chi connectivity index (χ2n) is 4.05. The highest BCUT2D eigenvalue weighted by atomic mass is 35.5. The Bertz CT molecular complexity index is 358. The molecule has 2 rings (SSSR count). The molecule has 1 aliphatic rings. The molecule has 0 amide bonds. The summed E-state index contributed by atoms with van der Waals surface area (Å²) in [6.07, 6.45) is 1.92. The summed E-state index contributed by atoms with van der Waals surface area (Å²) in [5.74, 6) is -0.302. The highest BCUT2D eigenvalue weighted by Crippen LogP contribution is 2.51. The Morgan fingerprint density at radius 3 is 2.64 bits per heavy atom. The lowest BCUT2D eigenvalue weighted by Crippen LogP contribution is -2.32. The molecule has 0 aliphatic heterocycles. The van der Waals surface area contributed by atoms with Crippen LogP contribution in [0.1, 0.15) is 25.3 Å². The molecule has 1 aromatic rings. The summed E-state index contributed by atoms with van der Waals surface area (Å²) in [5, 5.41) is 0.189. The van der Waals surface area contributed by atoms with Gasteiger partial charge in [-0.1, -0.05) is 23.7 Å². The first-order chi connectivity index (χ1) is 6.58. The average molecular weight is 214 g/mol. The number of benzene rings is 1. The van der Waals surface area contributed by atoms with Crippen LogP contribution in [0.5, 0.6) is 0 Å². The minimum absolute atomic E-state index is 0.0181. The van der Waals surface area contributed by atoms with Crippen molar-refractivity contribution in [2.24, 2.45) is 5.73 Å². The Hall–Kier alpha value is -0.600. The van der Waals surface area contributed by atoms with E-state index in [-0.39, 0.29) is 22.3 Å². The van der Waals surface area contributed by atoms with Gasteiger partial charge in [-0.2, -0.15) is 0 Å². The molecule has 0 saturated heterocycles. The highest BCUT2D eigenvalue weighted by molar-refractivity contribution is 6.30. The fourth-order valence-corrected chi connectivity index (χ4v) is 2.17. The van der Waals surface area contributed by atoms with Gasteiger partial charge in [-0.3, -0.25) is 0 Å². The van der Waals surface area contributed by atoms with Crippen LogP contribution < -0.4 is 5.73 Å². The summed E-state index contributed by atoms with van der Waals surface area (Å²) in [6, 6.07) is 5.12. The smallest absolute Gasteiger partial charge is 0.145 e. The first-order valence-corrected chi connectivity index (χ1v) is 5.16. The predicted molar refractivity (Wildman–Crippen MR) is 56.0 cm³/mol. The van der Waals surface area contributed by atoms with Crippen molar-refractivity contribution in [1.82, 2.24) is 0 Å². The molecule has 1 unspecified atom stereocenters. The zero-order chi connectivity index (χ0) is 10.3. The maximum Gasteiger partial charge on any atom is 0.145 e. The Morgan fingerprint density at radius 2 is 2.14 bits per heavy atom. The van der Waals surface area contributed by atoms with E-state index in [9.17, 15) is 4.39 Å². The summed E-state index contributed by atoms with van der Waals surface area (Å²) in [5.41, 5.74) is 6.40. The number of halogens is 2. The highest BCUT2D eigenvalue weighted by Gasteiger charge is 2.49. The van der Waals surface area contributed by atoms with E-state index in [1.165, 1.54) is 0 Å². The lowest BCUT2D eigenvalue weighted by atomic mass is 9.89. The lowest BCUT2D eigenvalue weighted by Gasteiger charge is -2.20. The SMILES string of the molecule is CC(N)C1(c2cccc(Cl)c2F)CC1. The van der Waals surface area contributed by atoms with E-state index in [4.69, 9.17) is 17.3 Å². The van der Waals surface area contributed by atoms with Crippen molar-refractivity contribution in [1.29, 1.82) is 0 Å². The van der Waals surface area contributed by atoms with Gasteiger partial charge in [-0.25, -0.2) is 4.39 Å². The van der Waals surface area contributed by atoms with E-state index < -0.39 is 0 Å². The molecule has 14 heavy (non-hydrogen) atoms. The fourth-order valence-electron chi connectivity index (χ4n) is 1.99. The molecule has 1 fully saturated rings. The third-order valence-electron chi connectivity index (χ3n) is 3.15. The van der Waals surface area contributed by atoms with Gasteiger partial charge in [0, 0.05) is 11.5 Å². The van der Waals surface area contributed by atoms with Crippen LogP contribution in [0.2, 0.25) is 5.02 Å². The van der Waals surface area contributed by atoms with E-state index in [1.54, 1.807) is 18.2 Å². The van der Waals surface area contributed by atoms with Gasteiger partial charge in [0.25, 0.3) is 0 Å². The molecule has 0 radical (unpaired) electrons. The zero-order valence-electron chi connectivity index (χ0n) is 8.06. The largest absolute Gasteiger partial charge is 0.327 e. The molecule has 3 heteroatoms. The van der Waals surface area contributed by atoms with Crippen molar-refractivity contribution < 1.29 is 4.39 Å². The molecule has 1 atom stereocenters. The number of hydrogen-bond donors (Lipinski definition) is 1. The van der Waals surface area contributed by atoms with Crippen LogP contribution in [0.4, 0.5) is 4.39 Å². The van der Waals surface area contributed by atoms with Crippen molar-refractivity contribution >= 4 is 11.6 Å². The van der Waals surface area contributed by atoms with Crippen molar-refractivity contribution in [3.8, 4) is 0 Å². The standard InChI is InChI=1S/C11H13ClFN/c1-7(14)11(5-6-11)8-3-2-4-9(12)10(8)13/h2-4,7H,5-6,14H2,1H3. The van der Waals surface area contributed by atoms with Crippen molar-refractivity contribution in [3.05, 3.63) is 34.6 Å². The predicted octanol–water partition coefficient (Wildman–Crippen LogP) is 2.86. The van der Waals surface area contributed by atoms with E-state index >= 15 is 0 Å². The first kappa shape index (κ1) is 9.94. The molecular formula is C11H13ClFN. The third-order valence-corrected chi connectivity index (χ3v) is 3.44. The third kappa shape index (κ3) is 1.33. The van der Waals surface area contributed by atoms with Gasteiger partial charge in [-0.05, 0) is 31.4 Å². The molecule has 2 N–H and O–H groups in total. The van der Waals surface area contributed by atoms with E-state index in [2.05, 4.69) is 0 Å². The summed E-state index contributed by atoms with van der Waals surface area (Å²) in [6.45, 7) is 1.92. The Morgan fingerprint density at radius 1 is 1.50 bits per heavy atom. The second-order valence-corrected chi connectivity index (χ2v) is 4.45. The summed E-state index contributed by atoms with van der Waals surface area (Å²) in [7, 11) is 0. The van der Waals surface area contributed by atoms with E-state index in [0.29, 0.717) is 5.56 Å². The van der Waals surface area contributed by atoms with Gasteiger partial charge in [0.05, 0.1) is 5.02 Å². The second kappa shape index (κ2) is 3.21. The molecule has 1 saturated carbocycles. The molecule has 0 spiro atoms. The topological polar surface area (TPSA) is 26.0 Å². The Kier molecular flexibility index (Phi) is 2.28. The van der Waals surface area contributed by atoms with Gasteiger partial charge >= 0.3 is 0 Å². The fraction of sp³-hybridized carbons (Fsp3) is 0.455. The van der Waals surface area contributed by atoms with Crippen LogP contribution in [0.3, 0.4) is 0 Å². The number of nitrogens with two attached hydrogens (primary N) is 1.